The normalized spacial score (nSPS) is 15.8. The van der Waals surface area contributed by atoms with E-state index in [2.05, 4.69) is 0 Å². The number of carbonyl (C=O) groups excluding carboxylic acids is 2. The summed E-state index contributed by atoms with van der Waals surface area (Å²) in [7, 11) is 0. The van der Waals surface area contributed by atoms with E-state index < -0.39 is 5.97 Å². The number of nitrogens with zero attached hydrogens (tertiary/aromatic N) is 2. The van der Waals surface area contributed by atoms with Crippen molar-refractivity contribution in [1.82, 2.24) is 9.80 Å². The van der Waals surface area contributed by atoms with E-state index in [1.165, 1.54) is 9.80 Å². The Hall–Kier alpha value is -2.05. The number of amides is 2. The summed E-state index contributed by atoms with van der Waals surface area (Å²) in [6, 6.07) is 0. The third-order valence-corrected chi connectivity index (χ3v) is 2.49. The van der Waals surface area contributed by atoms with Crippen molar-refractivity contribution in [3.8, 4) is 0 Å². The topological polar surface area (TPSA) is 87.2 Å². The summed E-state index contributed by atoms with van der Waals surface area (Å²) in [4.78, 5) is 36.2. The number of carbonyl (C=O) groups is 3. The van der Waals surface area contributed by atoms with Crippen molar-refractivity contribution < 1.29 is 24.2 Å². The van der Waals surface area contributed by atoms with Gasteiger partial charge >= 0.3 is 12.1 Å². The zero-order chi connectivity index (χ0) is 13.5. The summed E-state index contributed by atoms with van der Waals surface area (Å²) in [6.45, 7) is 3.59. The average molecular weight is 256 g/mol. The number of aliphatic carboxylic acids is 1. The molecular formula is C11H16N2O5. The van der Waals surface area contributed by atoms with Gasteiger partial charge in [0.15, 0.2) is 0 Å². The van der Waals surface area contributed by atoms with Crippen LogP contribution in [0.3, 0.4) is 0 Å². The molecule has 1 rings (SSSR count). The van der Waals surface area contributed by atoms with E-state index in [-0.39, 0.29) is 12.0 Å². The van der Waals surface area contributed by atoms with Crippen LogP contribution < -0.4 is 0 Å². The number of carboxylic acids is 1. The Bertz CT molecular complexity index is 358. The lowest BCUT2D eigenvalue weighted by Crippen LogP contribution is -2.50. The first kappa shape index (κ1) is 14.0. The zero-order valence-electron chi connectivity index (χ0n) is 10.2. The van der Waals surface area contributed by atoms with Gasteiger partial charge in [-0.25, -0.2) is 9.59 Å². The first-order chi connectivity index (χ1) is 8.54. The average Bonchev–Trinajstić information content (AvgIpc) is 2.36. The van der Waals surface area contributed by atoms with Gasteiger partial charge in [0.2, 0.25) is 5.91 Å². The highest BCUT2D eigenvalue weighted by Crippen LogP contribution is 2.04. The Morgan fingerprint density at radius 2 is 1.67 bits per heavy atom. The second kappa shape index (κ2) is 6.63. The number of hydrogen-bond donors (Lipinski definition) is 1. The van der Waals surface area contributed by atoms with Crippen molar-refractivity contribution in [2.45, 2.75) is 6.92 Å². The molecule has 1 N–H and O–H groups in total. The fraction of sp³-hybridized carbons (Fsp3) is 0.545. The van der Waals surface area contributed by atoms with Crippen molar-refractivity contribution in [2.75, 3.05) is 32.8 Å². The van der Waals surface area contributed by atoms with E-state index in [9.17, 15) is 14.4 Å². The fourth-order valence-corrected chi connectivity index (χ4v) is 1.57. The standard InChI is InChI=1S/C11H16N2O5/c1-2-18-11(17)13-7-5-12(6-8-13)9(14)3-4-10(15)16/h3-4H,2,5-8H2,1H3,(H,15,16)/b4-3+. The van der Waals surface area contributed by atoms with E-state index in [1.54, 1.807) is 6.92 Å². The van der Waals surface area contributed by atoms with E-state index in [0.29, 0.717) is 32.8 Å². The number of ether oxygens (including phenoxy) is 1. The smallest absolute Gasteiger partial charge is 0.409 e. The highest BCUT2D eigenvalue weighted by molar-refractivity contribution is 5.94. The molecule has 0 spiro atoms. The summed E-state index contributed by atoms with van der Waals surface area (Å²) in [5, 5.41) is 8.41. The van der Waals surface area contributed by atoms with Crippen LogP contribution in [0.15, 0.2) is 12.2 Å². The number of rotatable bonds is 3. The molecule has 0 aliphatic carbocycles. The molecule has 1 aliphatic heterocycles. The zero-order valence-corrected chi connectivity index (χ0v) is 10.2. The maximum absolute atomic E-state index is 11.5. The lowest BCUT2D eigenvalue weighted by molar-refractivity contribution is -0.132. The van der Waals surface area contributed by atoms with Crippen molar-refractivity contribution in [3.05, 3.63) is 12.2 Å². The maximum atomic E-state index is 11.5. The molecule has 0 atom stereocenters. The van der Waals surface area contributed by atoms with Gasteiger partial charge < -0.3 is 19.6 Å². The van der Waals surface area contributed by atoms with Crippen molar-refractivity contribution >= 4 is 18.0 Å². The number of carboxylic acid groups (broad SMARTS) is 1. The molecule has 18 heavy (non-hydrogen) atoms. The molecule has 0 saturated carbocycles. The summed E-state index contributed by atoms with van der Waals surface area (Å²) in [5.41, 5.74) is 0. The summed E-state index contributed by atoms with van der Waals surface area (Å²) in [6.07, 6.45) is 1.44. The Labute approximate surface area is 105 Å². The third kappa shape index (κ3) is 4.08. The Morgan fingerprint density at radius 3 is 2.17 bits per heavy atom. The number of hydrogen-bond acceptors (Lipinski definition) is 4. The summed E-state index contributed by atoms with van der Waals surface area (Å²) >= 11 is 0. The maximum Gasteiger partial charge on any atom is 0.409 e. The largest absolute Gasteiger partial charge is 0.478 e. The minimum Gasteiger partial charge on any atom is -0.478 e. The van der Waals surface area contributed by atoms with E-state index in [4.69, 9.17) is 9.84 Å². The molecule has 100 valence electrons. The van der Waals surface area contributed by atoms with Gasteiger partial charge in [0, 0.05) is 38.3 Å². The second-order valence-corrected chi connectivity index (χ2v) is 3.68. The first-order valence-corrected chi connectivity index (χ1v) is 5.66. The van der Waals surface area contributed by atoms with Gasteiger partial charge in [-0.3, -0.25) is 4.79 Å². The van der Waals surface area contributed by atoms with E-state index in [0.717, 1.165) is 12.2 Å². The van der Waals surface area contributed by atoms with Crippen LogP contribution in [-0.4, -0.2) is 65.7 Å². The highest BCUT2D eigenvalue weighted by Gasteiger charge is 2.23. The predicted octanol–water partition coefficient (Wildman–Crippen LogP) is -0.0721. The molecule has 0 unspecified atom stereocenters. The minimum absolute atomic E-state index is 0.319. The van der Waals surface area contributed by atoms with E-state index in [1.807, 2.05) is 0 Å². The van der Waals surface area contributed by atoms with Gasteiger partial charge in [-0.1, -0.05) is 0 Å². The molecule has 1 aliphatic rings. The molecule has 2 amide bonds. The van der Waals surface area contributed by atoms with Gasteiger partial charge in [-0.05, 0) is 6.92 Å². The Balaban J connectivity index is 2.41. The summed E-state index contributed by atoms with van der Waals surface area (Å²) in [5.74, 6) is -1.52. The Morgan fingerprint density at radius 1 is 1.11 bits per heavy atom. The SMILES string of the molecule is CCOC(=O)N1CCN(C(=O)/C=C/C(=O)O)CC1. The molecule has 1 fully saturated rings. The van der Waals surface area contributed by atoms with Gasteiger partial charge in [0.05, 0.1) is 6.61 Å². The van der Waals surface area contributed by atoms with Crippen LogP contribution in [0.4, 0.5) is 4.79 Å². The van der Waals surface area contributed by atoms with Crippen LogP contribution in [0, 0.1) is 0 Å². The monoisotopic (exact) mass is 256 g/mol. The quantitative estimate of drug-likeness (QED) is 0.714. The van der Waals surface area contributed by atoms with Crippen molar-refractivity contribution in [1.29, 1.82) is 0 Å². The third-order valence-electron chi connectivity index (χ3n) is 2.49. The molecule has 7 nitrogen and oxygen atoms in total. The lowest BCUT2D eigenvalue weighted by atomic mass is 10.3. The van der Waals surface area contributed by atoms with Gasteiger partial charge in [0.1, 0.15) is 0 Å². The molecule has 0 aromatic rings. The van der Waals surface area contributed by atoms with Crippen LogP contribution in [0.1, 0.15) is 6.92 Å². The summed E-state index contributed by atoms with van der Waals surface area (Å²) < 4.78 is 4.85. The van der Waals surface area contributed by atoms with Crippen LogP contribution in [-0.2, 0) is 14.3 Å². The van der Waals surface area contributed by atoms with Crippen molar-refractivity contribution in [3.63, 3.8) is 0 Å². The van der Waals surface area contributed by atoms with Gasteiger partial charge in [0.25, 0.3) is 0 Å². The molecule has 7 heteroatoms. The lowest BCUT2D eigenvalue weighted by Gasteiger charge is -2.33. The molecular weight excluding hydrogens is 240 g/mol. The fourth-order valence-electron chi connectivity index (χ4n) is 1.57. The van der Waals surface area contributed by atoms with Crippen LogP contribution in [0.25, 0.3) is 0 Å². The molecule has 0 bridgehead atoms. The highest BCUT2D eigenvalue weighted by atomic mass is 16.6. The molecule has 0 aromatic carbocycles. The van der Waals surface area contributed by atoms with Crippen molar-refractivity contribution in [2.24, 2.45) is 0 Å². The first-order valence-electron chi connectivity index (χ1n) is 5.66. The predicted molar refractivity (Wildman–Crippen MR) is 62.0 cm³/mol. The Kier molecular flexibility index (Phi) is 5.16. The van der Waals surface area contributed by atoms with E-state index >= 15 is 0 Å². The molecule has 1 heterocycles. The van der Waals surface area contributed by atoms with Crippen LogP contribution in [0.5, 0.6) is 0 Å². The molecule has 0 aromatic heterocycles. The number of piperazine rings is 1. The second-order valence-electron chi connectivity index (χ2n) is 3.68. The molecule has 0 radical (unpaired) electrons. The van der Waals surface area contributed by atoms with Gasteiger partial charge in [-0.2, -0.15) is 0 Å². The molecule has 1 saturated heterocycles. The van der Waals surface area contributed by atoms with Crippen LogP contribution in [0.2, 0.25) is 0 Å². The minimum atomic E-state index is -1.16. The van der Waals surface area contributed by atoms with Crippen LogP contribution >= 0.6 is 0 Å². The van der Waals surface area contributed by atoms with Gasteiger partial charge in [-0.15, -0.1) is 0 Å².